The van der Waals surface area contributed by atoms with Gasteiger partial charge in [0.15, 0.2) is 0 Å². The lowest BCUT2D eigenvalue weighted by atomic mass is 9.82. The standard InChI is InChI=1S/C16H24N2O/c1-19-15-7-5-14(6-8-15)11-18-12-16(17-13-18)9-3-2-4-10-16/h5-8,17H,2-4,9-13H2,1H3. The van der Waals surface area contributed by atoms with Gasteiger partial charge in [0.2, 0.25) is 0 Å². The third-order valence-corrected chi connectivity index (χ3v) is 4.58. The molecule has 1 aliphatic carbocycles. The number of nitrogens with zero attached hydrogens (tertiary/aromatic N) is 1. The summed E-state index contributed by atoms with van der Waals surface area (Å²) in [6.07, 6.45) is 6.91. The number of benzene rings is 1. The van der Waals surface area contributed by atoms with Gasteiger partial charge in [0.1, 0.15) is 5.75 Å². The zero-order valence-electron chi connectivity index (χ0n) is 11.8. The van der Waals surface area contributed by atoms with E-state index < -0.39 is 0 Å². The fourth-order valence-corrected chi connectivity index (χ4v) is 3.48. The van der Waals surface area contributed by atoms with E-state index in [1.807, 2.05) is 0 Å². The molecule has 3 heteroatoms. The van der Waals surface area contributed by atoms with Crippen LogP contribution < -0.4 is 10.1 Å². The van der Waals surface area contributed by atoms with Crippen molar-refractivity contribution < 1.29 is 4.74 Å². The summed E-state index contributed by atoms with van der Waals surface area (Å²) in [6, 6.07) is 8.44. The molecule has 1 saturated carbocycles. The van der Waals surface area contributed by atoms with E-state index in [9.17, 15) is 0 Å². The number of nitrogens with one attached hydrogen (secondary N) is 1. The molecule has 19 heavy (non-hydrogen) atoms. The van der Waals surface area contributed by atoms with Gasteiger partial charge in [0, 0.05) is 25.3 Å². The van der Waals surface area contributed by atoms with Crippen LogP contribution in [0.2, 0.25) is 0 Å². The van der Waals surface area contributed by atoms with Gasteiger partial charge < -0.3 is 4.74 Å². The minimum Gasteiger partial charge on any atom is -0.497 e. The summed E-state index contributed by atoms with van der Waals surface area (Å²) in [6.45, 7) is 3.28. The third-order valence-electron chi connectivity index (χ3n) is 4.58. The Bertz CT molecular complexity index is 409. The Morgan fingerprint density at radius 1 is 1.16 bits per heavy atom. The van der Waals surface area contributed by atoms with Crippen LogP contribution in [0.3, 0.4) is 0 Å². The molecule has 1 N–H and O–H groups in total. The molecule has 1 heterocycles. The van der Waals surface area contributed by atoms with E-state index in [-0.39, 0.29) is 0 Å². The molecule has 0 bridgehead atoms. The molecule has 3 rings (SSSR count). The Morgan fingerprint density at radius 3 is 2.58 bits per heavy atom. The van der Waals surface area contributed by atoms with E-state index in [1.54, 1.807) is 7.11 Å². The average molecular weight is 260 g/mol. The number of hydrogen-bond donors (Lipinski definition) is 1. The summed E-state index contributed by atoms with van der Waals surface area (Å²) in [5, 5.41) is 3.77. The molecule has 0 unspecified atom stereocenters. The minimum atomic E-state index is 0.421. The molecular formula is C16H24N2O. The van der Waals surface area contributed by atoms with Crippen LogP contribution in [0, 0.1) is 0 Å². The van der Waals surface area contributed by atoms with Crippen molar-refractivity contribution in [1.29, 1.82) is 0 Å². The zero-order valence-corrected chi connectivity index (χ0v) is 11.8. The van der Waals surface area contributed by atoms with Crippen molar-refractivity contribution in [2.24, 2.45) is 0 Å². The van der Waals surface area contributed by atoms with Crippen LogP contribution in [0.25, 0.3) is 0 Å². The number of ether oxygens (including phenoxy) is 1. The average Bonchev–Trinajstić information content (AvgIpc) is 2.83. The highest BCUT2D eigenvalue weighted by Crippen LogP contribution is 2.32. The molecule has 3 nitrogen and oxygen atoms in total. The zero-order chi connectivity index (χ0) is 13.1. The van der Waals surface area contributed by atoms with Crippen molar-refractivity contribution in [1.82, 2.24) is 10.2 Å². The van der Waals surface area contributed by atoms with Gasteiger partial charge in [-0.05, 0) is 30.5 Å². The van der Waals surface area contributed by atoms with E-state index in [0.717, 1.165) is 19.0 Å². The summed E-state index contributed by atoms with van der Waals surface area (Å²) in [5.74, 6) is 0.937. The van der Waals surface area contributed by atoms with Crippen LogP contribution in [0.1, 0.15) is 37.7 Å². The monoisotopic (exact) mass is 260 g/mol. The maximum absolute atomic E-state index is 5.20. The quantitative estimate of drug-likeness (QED) is 0.904. The van der Waals surface area contributed by atoms with Gasteiger partial charge in [-0.15, -0.1) is 0 Å². The first-order valence-electron chi connectivity index (χ1n) is 7.40. The lowest BCUT2D eigenvalue weighted by molar-refractivity contribution is 0.248. The smallest absolute Gasteiger partial charge is 0.118 e. The van der Waals surface area contributed by atoms with Gasteiger partial charge in [-0.25, -0.2) is 0 Å². The van der Waals surface area contributed by atoms with E-state index in [2.05, 4.69) is 34.5 Å². The second-order valence-electron chi connectivity index (χ2n) is 6.01. The Hall–Kier alpha value is -1.06. The molecule has 2 aliphatic rings. The summed E-state index contributed by atoms with van der Waals surface area (Å²) < 4.78 is 5.20. The molecular weight excluding hydrogens is 236 g/mol. The minimum absolute atomic E-state index is 0.421. The molecule has 2 fully saturated rings. The highest BCUT2D eigenvalue weighted by Gasteiger charge is 2.38. The summed E-state index contributed by atoms with van der Waals surface area (Å²) in [4.78, 5) is 2.53. The molecule has 1 saturated heterocycles. The number of hydrogen-bond acceptors (Lipinski definition) is 3. The molecule has 1 aromatic rings. The molecule has 1 aliphatic heterocycles. The van der Waals surface area contributed by atoms with E-state index in [1.165, 1.54) is 44.2 Å². The fraction of sp³-hybridized carbons (Fsp3) is 0.625. The predicted molar refractivity (Wildman–Crippen MR) is 77.2 cm³/mol. The van der Waals surface area contributed by atoms with E-state index >= 15 is 0 Å². The van der Waals surface area contributed by atoms with Crippen molar-refractivity contribution in [3.8, 4) is 5.75 Å². The van der Waals surface area contributed by atoms with Crippen molar-refractivity contribution in [3.05, 3.63) is 29.8 Å². The van der Waals surface area contributed by atoms with Crippen LogP contribution in [0.4, 0.5) is 0 Å². The summed E-state index contributed by atoms with van der Waals surface area (Å²) >= 11 is 0. The number of rotatable bonds is 3. The molecule has 0 radical (unpaired) electrons. The second kappa shape index (κ2) is 5.51. The lowest BCUT2D eigenvalue weighted by Gasteiger charge is -2.33. The van der Waals surface area contributed by atoms with Crippen LogP contribution in [-0.2, 0) is 6.54 Å². The van der Waals surface area contributed by atoms with Gasteiger partial charge in [0.05, 0.1) is 7.11 Å². The second-order valence-corrected chi connectivity index (χ2v) is 6.01. The Kier molecular flexibility index (Phi) is 3.76. The van der Waals surface area contributed by atoms with Gasteiger partial charge >= 0.3 is 0 Å². The first kappa shape index (κ1) is 12.9. The molecule has 0 atom stereocenters. The first-order chi connectivity index (χ1) is 9.30. The van der Waals surface area contributed by atoms with E-state index in [4.69, 9.17) is 4.74 Å². The third kappa shape index (κ3) is 2.93. The maximum atomic E-state index is 5.20. The molecule has 0 aromatic heterocycles. The number of methoxy groups -OCH3 is 1. The van der Waals surface area contributed by atoms with Crippen molar-refractivity contribution >= 4 is 0 Å². The summed E-state index contributed by atoms with van der Waals surface area (Å²) in [5.41, 5.74) is 1.79. The SMILES string of the molecule is COc1ccc(CN2CNC3(CCCCC3)C2)cc1. The topological polar surface area (TPSA) is 24.5 Å². The lowest BCUT2D eigenvalue weighted by Crippen LogP contribution is -2.44. The molecule has 0 amide bonds. The van der Waals surface area contributed by atoms with Crippen LogP contribution in [0.15, 0.2) is 24.3 Å². The Balaban J connectivity index is 1.58. The van der Waals surface area contributed by atoms with Crippen molar-refractivity contribution in [2.45, 2.75) is 44.2 Å². The van der Waals surface area contributed by atoms with Gasteiger partial charge in [-0.2, -0.15) is 0 Å². The fourth-order valence-electron chi connectivity index (χ4n) is 3.48. The van der Waals surface area contributed by atoms with Gasteiger partial charge in [-0.3, -0.25) is 10.2 Å². The van der Waals surface area contributed by atoms with Crippen molar-refractivity contribution in [2.75, 3.05) is 20.3 Å². The Labute approximate surface area is 115 Å². The van der Waals surface area contributed by atoms with Crippen LogP contribution in [-0.4, -0.2) is 30.8 Å². The molecule has 104 valence electrons. The Morgan fingerprint density at radius 2 is 1.89 bits per heavy atom. The van der Waals surface area contributed by atoms with E-state index in [0.29, 0.717) is 5.54 Å². The van der Waals surface area contributed by atoms with Crippen molar-refractivity contribution in [3.63, 3.8) is 0 Å². The molecule has 1 spiro atoms. The first-order valence-corrected chi connectivity index (χ1v) is 7.40. The molecule has 1 aromatic carbocycles. The summed E-state index contributed by atoms with van der Waals surface area (Å²) in [7, 11) is 1.71. The predicted octanol–water partition coefficient (Wildman–Crippen LogP) is 2.76. The van der Waals surface area contributed by atoms with Gasteiger partial charge in [-0.1, -0.05) is 31.4 Å². The normalized spacial score (nSPS) is 22.8. The maximum Gasteiger partial charge on any atom is 0.118 e. The van der Waals surface area contributed by atoms with Gasteiger partial charge in [0.25, 0.3) is 0 Å². The highest BCUT2D eigenvalue weighted by atomic mass is 16.5. The van der Waals surface area contributed by atoms with Crippen LogP contribution in [0.5, 0.6) is 5.75 Å². The largest absolute Gasteiger partial charge is 0.497 e. The highest BCUT2D eigenvalue weighted by molar-refractivity contribution is 5.27. The van der Waals surface area contributed by atoms with Crippen LogP contribution >= 0.6 is 0 Å².